The summed E-state index contributed by atoms with van der Waals surface area (Å²) in [5, 5.41) is 14.6. The van der Waals surface area contributed by atoms with Gasteiger partial charge in [-0.2, -0.15) is 5.10 Å². The number of H-pyrrole nitrogens is 1. The van der Waals surface area contributed by atoms with Crippen LogP contribution < -0.4 is 5.32 Å². The lowest BCUT2D eigenvalue weighted by Crippen LogP contribution is -2.25. The zero-order valence-electron chi connectivity index (χ0n) is 14.6. The van der Waals surface area contributed by atoms with Crippen LogP contribution in [-0.2, 0) is 12.3 Å². The standard InChI is InChI=1S/C17H18N6O2S2/c1-10-7-11(22-25-10)9-27-16-13(3-2-6-18-16)15(24)19-8-14-20-21-17(26)23(14)12-4-5-12/h2-3,6-7,12H,4-5,8-9H2,1H3,(H,19,24)(H,21,26). The molecule has 27 heavy (non-hydrogen) atoms. The minimum Gasteiger partial charge on any atom is -0.361 e. The van der Waals surface area contributed by atoms with Crippen molar-refractivity contribution >= 4 is 29.9 Å². The van der Waals surface area contributed by atoms with Crippen molar-refractivity contribution in [3.05, 3.63) is 52.0 Å². The summed E-state index contributed by atoms with van der Waals surface area (Å²) in [6, 6.07) is 5.78. The van der Waals surface area contributed by atoms with Gasteiger partial charge in [-0.3, -0.25) is 14.5 Å². The smallest absolute Gasteiger partial charge is 0.254 e. The van der Waals surface area contributed by atoms with Gasteiger partial charge in [-0.05, 0) is 44.1 Å². The van der Waals surface area contributed by atoms with E-state index >= 15 is 0 Å². The highest BCUT2D eigenvalue weighted by Gasteiger charge is 2.27. The molecule has 3 aromatic rings. The van der Waals surface area contributed by atoms with Crippen LogP contribution in [0.15, 0.2) is 33.9 Å². The number of carbonyl (C=O) groups excluding carboxylic acids is 1. The molecular formula is C17H18N6O2S2. The molecule has 1 aliphatic carbocycles. The zero-order chi connectivity index (χ0) is 18.8. The summed E-state index contributed by atoms with van der Waals surface area (Å²) in [7, 11) is 0. The summed E-state index contributed by atoms with van der Waals surface area (Å²) in [5.41, 5.74) is 1.34. The molecule has 0 unspecified atom stereocenters. The van der Waals surface area contributed by atoms with E-state index in [1.165, 1.54) is 11.8 Å². The highest BCUT2D eigenvalue weighted by molar-refractivity contribution is 7.98. The van der Waals surface area contributed by atoms with Crippen molar-refractivity contribution in [3.8, 4) is 0 Å². The Morgan fingerprint density at radius 1 is 1.52 bits per heavy atom. The number of aryl methyl sites for hydroxylation is 1. The largest absolute Gasteiger partial charge is 0.361 e. The molecule has 4 rings (SSSR count). The van der Waals surface area contributed by atoms with Gasteiger partial charge in [-0.15, -0.1) is 0 Å². The molecule has 3 heterocycles. The Morgan fingerprint density at radius 3 is 3.11 bits per heavy atom. The van der Waals surface area contributed by atoms with Crippen LogP contribution in [0.5, 0.6) is 0 Å². The minimum atomic E-state index is -0.196. The summed E-state index contributed by atoms with van der Waals surface area (Å²) < 4.78 is 7.66. The Morgan fingerprint density at radius 2 is 2.37 bits per heavy atom. The fourth-order valence-corrected chi connectivity index (χ4v) is 3.91. The maximum atomic E-state index is 12.7. The fraction of sp³-hybridized carbons (Fsp3) is 0.353. The molecule has 8 nitrogen and oxygen atoms in total. The number of aromatic nitrogens is 5. The maximum Gasteiger partial charge on any atom is 0.254 e. The van der Waals surface area contributed by atoms with Gasteiger partial charge in [0.05, 0.1) is 17.8 Å². The number of amides is 1. The van der Waals surface area contributed by atoms with Crippen LogP contribution in [-0.4, -0.2) is 30.8 Å². The van der Waals surface area contributed by atoms with E-state index in [0.29, 0.717) is 33.7 Å². The maximum absolute atomic E-state index is 12.7. The molecule has 1 saturated carbocycles. The lowest BCUT2D eigenvalue weighted by atomic mass is 10.2. The molecule has 0 radical (unpaired) electrons. The van der Waals surface area contributed by atoms with Gasteiger partial charge >= 0.3 is 0 Å². The van der Waals surface area contributed by atoms with Crippen LogP contribution in [0.25, 0.3) is 0 Å². The molecule has 0 spiro atoms. The first-order chi connectivity index (χ1) is 13.1. The Hall–Kier alpha value is -2.46. The second-order valence-electron chi connectivity index (χ2n) is 6.30. The first-order valence-electron chi connectivity index (χ1n) is 8.56. The second-order valence-corrected chi connectivity index (χ2v) is 7.65. The van der Waals surface area contributed by atoms with E-state index in [9.17, 15) is 4.79 Å². The molecule has 0 saturated heterocycles. The summed E-state index contributed by atoms with van der Waals surface area (Å²) in [6.45, 7) is 2.15. The van der Waals surface area contributed by atoms with Crippen LogP contribution in [0.1, 0.15) is 46.5 Å². The average molecular weight is 403 g/mol. The molecule has 2 N–H and O–H groups in total. The van der Waals surface area contributed by atoms with Crippen LogP contribution in [0.4, 0.5) is 0 Å². The normalized spacial score (nSPS) is 13.7. The number of hydrogen-bond acceptors (Lipinski definition) is 7. The average Bonchev–Trinajstić information content (AvgIpc) is 3.31. The van der Waals surface area contributed by atoms with Gasteiger partial charge in [-0.1, -0.05) is 16.9 Å². The van der Waals surface area contributed by atoms with E-state index in [4.69, 9.17) is 16.7 Å². The minimum absolute atomic E-state index is 0.196. The first-order valence-corrected chi connectivity index (χ1v) is 9.95. The van der Waals surface area contributed by atoms with Gasteiger partial charge in [0, 0.05) is 24.1 Å². The molecular weight excluding hydrogens is 384 g/mol. The third-order valence-electron chi connectivity index (χ3n) is 4.15. The van der Waals surface area contributed by atoms with Gasteiger partial charge < -0.3 is 9.84 Å². The van der Waals surface area contributed by atoms with Crippen molar-refractivity contribution < 1.29 is 9.32 Å². The Kier molecular flexibility index (Phi) is 5.08. The molecule has 140 valence electrons. The number of carbonyl (C=O) groups is 1. The van der Waals surface area contributed by atoms with Crippen LogP contribution in [0, 0.1) is 11.7 Å². The molecule has 0 aromatic carbocycles. The number of thioether (sulfide) groups is 1. The third-order valence-corrected chi connectivity index (χ3v) is 5.47. The number of hydrogen-bond donors (Lipinski definition) is 2. The van der Waals surface area contributed by atoms with Crippen molar-refractivity contribution in [1.82, 2.24) is 30.2 Å². The number of nitrogens with zero attached hydrogens (tertiary/aromatic N) is 4. The van der Waals surface area contributed by atoms with Gasteiger partial charge in [0.1, 0.15) is 10.8 Å². The lowest BCUT2D eigenvalue weighted by molar-refractivity contribution is 0.0945. The second kappa shape index (κ2) is 7.65. The number of rotatable bonds is 7. The highest BCUT2D eigenvalue weighted by atomic mass is 32.2. The van der Waals surface area contributed by atoms with Crippen LogP contribution >= 0.6 is 24.0 Å². The summed E-state index contributed by atoms with van der Waals surface area (Å²) in [4.78, 5) is 17.0. The third kappa shape index (κ3) is 4.11. The highest BCUT2D eigenvalue weighted by Crippen LogP contribution is 2.35. The predicted octanol–water partition coefficient (Wildman–Crippen LogP) is 3.19. The topological polar surface area (TPSA) is 102 Å². The number of nitrogens with one attached hydrogen (secondary N) is 2. The molecule has 3 aromatic heterocycles. The zero-order valence-corrected chi connectivity index (χ0v) is 16.3. The first kappa shape index (κ1) is 17.9. The number of aromatic amines is 1. The molecule has 0 bridgehead atoms. The fourth-order valence-electron chi connectivity index (χ4n) is 2.73. The molecule has 1 aliphatic rings. The van der Waals surface area contributed by atoms with Crippen molar-refractivity contribution in [1.29, 1.82) is 0 Å². The summed E-state index contributed by atoms with van der Waals surface area (Å²) in [5.74, 6) is 1.88. The SMILES string of the molecule is Cc1cc(CSc2ncccc2C(=O)NCc2n[nH]c(=S)n2C2CC2)no1. The molecule has 1 fully saturated rings. The van der Waals surface area contributed by atoms with Gasteiger partial charge in [0.25, 0.3) is 5.91 Å². The van der Waals surface area contributed by atoms with E-state index in [2.05, 4.69) is 25.7 Å². The summed E-state index contributed by atoms with van der Waals surface area (Å²) in [6.07, 6.45) is 3.87. The van der Waals surface area contributed by atoms with Gasteiger partial charge in [0.2, 0.25) is 0 Å². The molecule has 0 atom stereocenters. The molecule has 10 heteroatoms. The van der Waals surface area contributed by atoms with Crippen molar-refractivity contribution in [2.75, 3.05) is 0 Å². The van der Waals surface area contributed by atoms with E-state index in [0.717, 1.165) is 30.1 Å². The Balaban J connectivity index is 1.43. The Labute approximate surface area is 164 Å². The monoisotopic (exact) mass is 402 g/mol. The predicted molar refractivity (Wildman–Crippen MR) is 102 cm³/mol. The Bertz CT molecular complexity index is 1020. The van der Waals surface area contributed by atoms with Gasteiger partial charge in [0.15, 0.2) is 10.6 Å². The quantitative estimate of drug-likeness (QED) is 0.462. The molecule has 1 amide bonds. The van der Waals surface area contributed by atoms with Crippen molar-refractivity contribution in [2.24, 2.45) is 0 Å². The van der Waals surface area contributed by atoms with E-state index in [1.807, 2.05) is 17.6 Å². The van der Waals surface area contributed by atoms with Gasteiger partial charge in [-0.25, -0.2) is 4.98 Å². The van der Waals surface area contributed by atoms with Crippen LogP contribution in [0.2, 0.25) is 0 Å². The van der Waals surface area contributed by atoms with E-state index in [1.54, 1.807) is 18.3 Å². The molecule has 0 aliphatic heterocycles. The number of pyridine rings is 1. The lowest BCUT2D eigenvalue weighted by Gasteiger charge is -2.09. The van der Waals surface area contributed by atoms with E-state index < -0.39 is 0 Å². The van der Waals surface area contributed by atoms with Crippen molar-refractivity contribution in [2.45, 2.75) is 43.1 Å². The van der Waals surface area contributed by atoms with Crippen molar-refractivity contribution in [3.63, 3.8) is 0 Å². The van der Waals surface area contributed by atoms with Crippen LogP contribution in [0.3, 0.4) is 0 Å². The van der Waals surface area contributed by atoms with E-state index in [-0.39, 0.29) is 5.91 Å². The summed E-state index contributed by atoms with van der Waals surface area (Å²) >= 11 is 6.72.